The molecule has 1 aromatic carbocycles. The second-order valence-corrected chi connectivity index (χ2v) is 10.8. The molecule has 0 aliphatic rings. The van der Waals surface area contributed by atoms with E-state index in [0.717, 1.165) is 5.56 Å². The average Bonchev–Trinajstić information content (AvgIpc) is 2.80. The number of carbonyl (C=O) groups is 4. The number of alkyl carbamates (subject to hydrolysis) is 1. The molecule has 212 valence electrons. The number of hydrogen-bond acceptors (Lipinski definition) is 6. The summed E-state index contributed by atoms with van der Waals surface area (Å²) in [4.78, 5) is 53.5. The monoisotopic (exact) mass is 531 g/mol. The zero-order valence-corrected chi connectivity index (χ0v) is 24.1. The minimum absolute atomic E-state index is 0.00476. The first kappa shape index (κ1) is 32.7. The summed E-state index contributed by atoms with van der Waals surface area (Å²) >= 11 is 0. The van der Waals surface area contributed by atoms with Crippen LogP contribution < -0.4 is 10.6 Å². The summed E-state index contributed by atoms with van der Waals surface area (Å²) in [5.41, 5.74) is 0.631. The Morgan fingerprint density at radius 2 is 1.76 bits per heavy atom. The van der Waals surface area contributed by atoms with Gasteiger partial charge in [0.25, 0.3) is 0 Å². The van der Waals surface area contributed by atoms with Gasteiger partial charge in [-0.2, -0.15) is 0 Å². The molecule has 3 amide bonds. The molecular weight excluding hydrogens is 486 g/mol. The molecule has 0 heterocycles. The number of amides is 3. The highest BCUT2D eigenvalue weighted by Gasteiger charge is 2.38. The number of esters is 1. The summed E-state index contributed by atoms with van der Waals surface area (Å²) in [6.45, 7) is 18.6. The van der Waals surface area contributed by atoms with Crippen LogP contribution in [-0.2, 0) is 23.9 Å². The zero-order valence-electron chi connectivity index (χ0n) is 24.1. The van der Waals surface area contributed by atoms with Crippen LogP contribution >= 0.6 is 0 Å². The highest BCUT2D eigenvalue weighted by atomic mass is 16.6. The molecule has 1 aromatic rings. The van der Waals surface area contributed by atoms with Crippen LogP contribution in [0, 0.1) is 5.92 Å². The van der Waals surface area contributed by atoms with Gasteiger partial charge in [0.2, 0.25) is 11.8 Å². The van der Waals surface area contributed by atoms with Gasteiger partial charge in [-0.1, -0.05) is 44.7 Å². The zero-order chi connectivity index (χ0) is 29.0. The molecule has 9 heteroatoms. The van der Waals surface area contributed by atoms with Gasteiger partial charge in [-0.05, 0) is 71.1 Å². The summed E-state index contributed by atoms with van der Waals surface area (Å²) < 4.78 is 10.3. The van der Waals surface area contributed by atoms with Crippen LogP contribution in [0.5, 0.6) is 0 Å². The van der Waals surface area contributed by atoms with Gasteiger partial charge < -0.3 is 25.0 Å². The lowest BCUT2D eigenvalue weighted by molar-refractivity contribution is -0.145. The second kappa shape index (κ2) is 15.1. The van der Waals surface area contributed by atoms with Crippen molar-refractivity contribution in [3.8, 4) is 0 Å². The van der Waals surface area contributed by atoms with Crippen LogP contribution in [0.1, 0.15) is 85.4 Å². The summed E-state index contributed by atoms with van der Waals surface area (Å²) in [5.74, 6) is -1.20. The van der Waals surface area contributed by atoms with Gasteiger partial charge in [0, 0.05) is 12.6 Å². The minimum atomic E-state index is -1.01. The third kappa shape index (κ3) is 10.9. The van der Waals surface area contributed by atoms with Crippen molar-refractivity contribution in [1.82, 2.24) is 15.5 Å². The van der Waals surface area contributed by atoms with Crippen LogP contribution in [-0.4, -0.2) is 59.6 Å². The van der Waals surface area contributed by atoms with Gasteiger partial charge in [0.15, 0.2) is 0 Å². The van der Waals surface area contributed by atoms with Crippen LogP contribution in [0.4, 0.5) is 4.79 Å². The fourth-order valence-electron chi connectivity index (χ4n) is 3.91. The lowest BCUT2D eigenvalue weighted by Gasteiger charge is -2.37. The van der Waals surface area contributed by atoms with E-state index < -0.39 is 47.6 Å². The minimum Gasteiger partial charge on any atom is -0.466 e. The van der Waals surface area contributed by atoms with Gasteiger partial charge in [-0.3, -0.25) is 14.4 Å². The summed E-state index contributed by atoms with van der Waals surface area (Å²) in [5, 5.41) is 5.50. The Morgan fingerprint density at radius 3 is 2.29 bits per heavy atom. The van der Waals surface area contributed by atoms with E-state index in [1.807, 2.05) is 33.8 Å². The third-order valence-electron chi connectivity index (χ3n) is 5.43. The highest BCUT2D eigenvalue weighted by molar-refractivity contribution is 5.92. The average molecular weight is 532 g/mol. The van der Waals surface area contributed by atoms with Crippen LogP contribution in [0.15, 0.2) is 30.8 Å². The fraction of sp³-hybridized carbons (Fsp3) is 0.586. The lowest BCUT2D eigenvalue weighted by atomic mass is 9.97. The smallest absolute Gasteiger partial charge is 0.408 e. The van der Waals surface area contributed by atoms with E-state index in [1.54, 1.807) is 52.0 Å². The third-order valence-corrected chi connectivity index (χ3v) is 5.43. The molecule has 9 nitrogen and oxygen atoms in total. The molecule has 1 rings (SSSR count). The van der Waals surface area contributed by atoms with Crippen molar-refractivity contribution in [2.24, 2.45) is 5.92 Å². The first-order valence-corrected chi connectivity index (χ1v) is 13.2. The van der Waals surface area contributed by atoms with Crippen molar-refractivity contribution >= 4 is 30.0 Å². The number of nitrogens with one attached hydrogen (secondary N) is 2. The van der Waals surface area contributed by atoms with Crippen molar-refractivity contribution < 1.29 is 28.7 Å². The standard InChI is InChI=1S/C29H45N3O6/c1-10-21-13-12-14-22(18-21)25(26(34)30-16-15-24(33)37-11-2)32(20(5)6)27(35)23(17-19(3)4)31-28(36)38-29(7,8)9/h10,12-14,18-20,23,25H,1,11,15-17H2,2-9H3,(H,30,34)(H,31,36). The van der Waals surface area contributed by atoms with Gasteiger partial charge in [0.1, 0.15) is 17.7 Å². The number of rotatable bonds is 13. The molecule has 0 bridgehead atoms. The maximum atomic E-state index is 14.0. The molecule has 38 heavy (non-hydrogen) atoms. The predicted octanol–water partition coefficient (Wildman–Crippen LogP) is 4.62. The van der Waals surface area contributed by atoms with Crippen molar-refractivity contribution in [2.45, 2.75) is 92.0 Å². The van der Waals surface area contributed by atoms with Gasteiger partial charge in [-0.15, -0.1) is 0 Å². The normalized spacial score (nSPS) is 12.9. The van der Waals surface area contributed by atoms with E-state index in [0.29, 0.717) is 12.0 Å². The molecule has 2 N–H and O–H groups in total. The molecule has 0 aliphatic heterocycles. The SMILES string of the molecule is C=Cc1cccc(C(C(=O)NCCC(=O)OCC)N(C(=O)C(CC(C)C)NC(=O)OC(C)(C)C)C(C)C)c1. The summed E-state index contributed by atoms with van der Waals surface area (Å²) in [6.07, 6.45) is 1.31. The van der Waals surface area contributed by atoms with Crippen molar-refractivity contribution in [3.05, 3.63) is 42.0 Å². The Labute approximate surface area is 227 Å². The largest absolute Gasteiger partial charge is 0.466 e. The predicted molar refractivity (Wildman–Crippen MR) is 148 cm³/mol. The molecule has 0 saturated heterocycles. The van der Waals surface area contributed by atoms with E-state index in [4.69, 9.17) is 9.47 Å². The topological polar surface area (TPSA) is 114 Å². The van der Waals surface area contributed by atoms with Gasteiger partial charge in [0.05, 0.1) is 13.0 Å². The Balaban J connectivity index is 3.43. The molecule has 0 fully saturated rings. The Hall–Kier alpha value is -3.36. The molecule has 2 atom stereocenters. The van der Waals surface area contributed by atoms with Crippen molar-refractivity contribution in [3.63, 3.8) is 0 Å². The van der Waals surface area contributed by atoms with E-state index in [1.165, 1.54) is 4.90 Å². The van der Waals surface area contributed by atoms with E-state index in [-0.39, 0.29) is 25.5 Å². The van der Waals surface area contributed by atoms with E-state index >= 15 is 0 Å². The quantitative estimate of drug-likeness (QED) is 0.359. The molecule has 2 unspecified atom stereocenters. The molecule has 0 aliphatic carbocycles. The van der Waals surface area contributed by atoms with Crippen molar-refractivity contribution in [1.29, 1.82) is 0 Å². The summed E-state index contributed by atoms with van der Waals surface area (Å²) in [7, 11) is 0. The van der Waals surface area contributed by atoms with Crippen LogP contribution in [0.25, 0.3) is 6.08 Å². The molecule has 0 aromatic heterocycles. The maximum Gasteiger partial charge on any atom is 0.408 e. The number of ether oxygens (including phenoxy) is 2. The highest BCUT2D eigenvalue weighted by Crippen LogP contribution is 2.27. The number of benzene rings is 1. The number of nitrogens with zero attached hydrogens (tertiary/aromatic N) is 1. The number of hydrogen-bond donors (Lipinski definition) is 2. The Bertz CT molecular complexity index is 967. The molecule has 0 spiro atoms. The van der Waals surface area contributed by atoms with Crippen molar-refractivity contribution in [2.75, 3.05) is 13.2 Å². The first-order chi connectivity index (χ1) is 17.7. The maximum absolute atomic E-state index is 14.0. The van der Waals surface area contributed by atoms with E-state index in [9.17, 15) is 19.2 Å². The molecular formula is C29H45N3O6. The first-order valence-electron chi connectivity index (χ1n) is 13.2. The van der Waals surface area contributed by atoms with Crippen LogP contribution in [0.3, 0.4) is 0 Å². The molecule has 0 saturated carbocycles. The van der Waals surface area contributed by atoms with Gasteiger partial charge in [-0.25, -0.2) is 4.79 Å². The van der Waals surface area contributed by atoms with Gasteiger partial charge >= 0.3 is 12.1 Å². The van der Waals surface area contributed by atoms with Crippen LogP contribution in [0.2, 0.25) is 0 Å². The second-order valence-electron chi connectivity index (χ2n) is 10.8. The Kier molecular flexibility index (Phi) is 13.0. The molecule has 0 radical (unpaired) electrons. The summed E-state index contributed by atoms with van der Waals surface area (Å²) in [6, 6.07) is 4.88. The lowest BCUT2D eigenvalue weighted by Crippen LogP contribution is -2.55. The Morgan fingerprint density at radius 1 is 1.11 bits per heavy atom. The van der Waals surface area contributed by atoms with E-state index in [2.05, 4.69) is 17.2 Å². The number of carbonyl (C=O) groups excluding carboxylic acids is 4. The fourth-order valence-corrected chi connectivity index (χ4v) is 3.91.